The molecule has 0 amide bonds. The highest BCUT2D eigenvalue weighted by atomic mass is 16.5. The normalized spacial score (nSPS) is 13.5. The van der Waals surface area contributed by atoms with Gasteiger partial charge in [-0.15, -0.1) is 0 Å². The van der Waals surface area contributed by atoms with Gasteiger partial charge >= 0.3 is 0 Å². The van der Waals surface area contributed by atoms with E-state index in [1.807, 2.05) is 38.1 Å². The summed E-state index contributed by atoms with van der Waals surface area (Å²) in [6, 6.07) is 7.57. The van der Waals surface area contributed by atoms with Crippen molar-refractivity contribution in [1.82, 2.24) is 0 Å². The fraction of sp³-hybridized carbons (Fsp3) is 0.571. The van der Waals surface area contributed by atoms with E-state index in [1.165, 1.54) is 0 Å². The van der Waals surface area contributed by atoms with Crippen molar-refractivity contribution in [3.63, 3.8) is 0 Å². The van der Waals surface area contributed by atoms with Crippen LogP contribution in [0, 0.1) is 5.41 Å². The summed E-state index contributed by atoms with van der Waals surface area (Å²) in [6.45, 7) is 7.15. The number of benzene rings is 1. The van der Waals surface area contributed by atoms with Gasteiger partial charge in [-0.2, -0.15) is 0 Å². The Balaban J connectivity index is 2.73. The lowest BCUT2D eigenvalue weighted by molar-refractivity contribution is 0.0555. The molecule has 0 saturated heterocycles. The molecule has 96 valence electrons. The van der Waals surface area contributed by atoms with E-state index in [1.54, 1.807) is 0 Å². The van der Waals surface area contributed by atoms with E-state index < -0.39 is 6.10 Å². The van der Waals surface area contributed by atoms with E-state index in [0.29, 0.717) is 6.54 Å². The molecule has 1 atom stereocenters. The molecule has 0 aromatic heterocycles. The molecule has 1 aromatic carbocycles. The quantitative estimate of drug-likeness (QED) is 0.799. The maximum Gasteiger partial charge on any atom is 0.119 e. The zero-order chi connectivity index (χ0) is 12.9. The van der Waals surface area contributed by atoms with E-state index >= 15 is 0 Å². The van der Waals surface area contributed by atoms with E-state index in [9.17, 15) is 5.11 Å². The fourth-order valence-electron chi connectivity index (χ4n) is 1.53. The summed E-state index contributed by atoms with van der Waals surface area (Å²) in [5, 5.41) is 10.2. The first-order valence-corrected chi connectivity index (χ1v) is 6.12. The first kappa shape index (κ1) is 14.0. The Hall–Kier alpha value is -1.06. The summed E-state index contributed by atoms with van der Waals surface area (Å²) in [7, 11) is 0. The number of nitrogens with two attached hydrogens (primary N) is 1. The van der Waals surface area contributed by atoms with Gasteiger partial charge in [0, 0.05) is 12.0 Å². The summed E-state index contributed by atoms with van der Waals surface area (Å²) in [6.07, 6.45) is 0.442. The van der Waals surface area contributed by atoms with Crippen molar-refractivity contribution in [3.8, 4) is 5.75 Å². The van der Waals surface area contributed by atoms with Gasteiger partial charge in [-0.1, -0.05) is 32.9 Å². The molecule has 0 aliphatic rings. The molecule has 0 aliphatic carbocycles. The molecule has 3 nitrogen and oxygen atoms in total. The number of hydrogen-bond acceptors (Lipinski definition) is 3. The zero-order valence-electron chi connectivity index (χ0n) is 10.9. The third-order valence-corrected chi connectivity index (χ3v) is 2.94. The van der Waals surface area contributed by atoms with Gasteiger partial charge in [0.05, 0.1) is 12.7 Å². The molecule has 0 bridgehead atoms. The molecule has 0 fully saturated rings. The first-order valence-electron chi connectivity index (χ1n) is 6.12. The number of rotatable bonds is 6. The van der Waals surface area contributed by atoms with Gasteiger partial charge in [0.15, 0.2) is 0 Å². The van der Waals surface area contributed by atoms with Crippen LogP contribution in [0.4, 0.5) is 0 Å². The monoisotopic (exact) mass is 237 g/mol. The van der Waals surface area contributed by atoms with Gasteiger partial charge in [-0.25, -0.2) is 0 Å². The Morgan fingerprint density at radius 1 is 1.29 bits per heavy atom. The van der Waals surface area contributed by atoms with Crippen molar-refractivity contribution in [2.24, 2.45) is 11.1 Å². The minimum atomic E-state index is -0.548. The topological polar surface area (TPSA) is 55.5 Å². The molecule has 3 N–H and O–H groups in total. The summed E-state index contributed by atoms with van der Waals surface area (Å²) in [5.74, 6) is 0.841. The molecule has 0 aliphatic heterocycles. The Bertz CT molecular complexity index is 333. The van der Waals surface area contributed by atoms with Crippen molar-refractivity contribution in [1.29, 1.82) is 0 Å². The molecule has 1 rings (SSSR count). The Kier molecular flexibility index (Phi) is 4.97. The highest BCUT2D eigenvalue weighted by Gasteiger charge is 2.27. The third kappa shape index (κ3) is 3.72. The van der Waals surface area contributed by atoms with Crippen LogP contribution in [-0.4, -0.2) is 18.3 Å². The van der Waals surface area contributed by atoms with Crippen LogP contribution in [0.5, 0.6) is 5.75 Å². The van der Waals surface area contributed by atoms with Crippen LogP contribution in [0.15, 0.2) is 24.3 Å². The van der Waals surface area contributed by atoms with E-state index in [0.717, 1.165) is 24.3 Å². The second kappa shape index (κ2) is 6.03. The molecule has 0 saturated carbocycles. The minimum Gasteiger partial charge on any atom is -0.494 e. The van der Waals surface area contributed by atoms with Gasteiger partial charge in [0.2, 0.25) is 0 Å². The Labute approximate surface area is 104 Å². The summed E-state index contributed by atoms with van der Waals surface area (Å²) < 4.78 is 5.50. The summed E-state index contributed by atoms with van der Waals surface area (Å²) in [5.41, 5.74) is 6.22. The standard InChI is InChI=1S/C14H23NO2/c1-4-9-17-12-7-5-11(6-8-12)13(16)14(2,3)10-15/h5-8,13,16H,4,9-10,15H2,1-3H3. The highest BCUT2D eigenvalue weighted by molar-refractivity contribution is 5.29. The van der Waals surface area contributed by atoms with Gasteiger partial charge in [-0.3, -0.25) is 0 Å². The highest BCUT2D eigenvalue weighted by Crippen LogP contribution is 2.32. The maximum absolute atomic E-state index is 10.2. The first-order chi connectivity index (χ1) is 8.01. The smallest absolute Gasteiger partial charge is 0.119 e. The second-order valence-corrected chi connectivity index (χ2v) is 5.01. The summed E-state index contributed by atoms with van der Waals surface area (Å²) >= 11 is 0. The predicted molar refractivity (Wildman–Crippen MR) is 70.0 cm³/mol. The Morgan fingerprint density at radius 2 is 1.88 bits per heavy atom. The second-order valence-electron chi connectivity index (χ2n) is 5.01. The fourth-order valence-corrected chi connectivity index (χ4v) is 1.53. The van der Waals surface area contributed by atoms with Gasteiger partial charge in [0.1, 0.15) is 5.75 Å². The molecular formula is C14H23NO2. The average Bonchev–Trinajstić information content (AvgIpc) is 2.36. The van der Waals surface area contributed by atoms with Gasteiger partial charge in [-0.05, 0) is 24.1 Å². The van der Waals surface area contributed by atoms with Crippen LogP contribution >= 0.6 is 0 Å². The molecule has 0 radical (unpaired) electrons. The largest absolute Gasteiger partial charge is 0.494 e. The minimum absolute atomic E-state index is 0.314. The number of aliphatic hydroxyl groups is 1. The van der Waals surface area contributed by atoms with Crippen molar-refractivity contribution in [2.45, 2.75) is 33.3 Å². The molecule has 1 unspecified atom stereocenters. The summed E-state index contributed by atoms with van der Waals surface area (Å²) in [4.78, 5) is 0. The Morgan fingerprint density at radius 3 is 2.35 bits per heavy atom. The molecule has 0 heterocycles. The van der Waals surface area contributed by atoms with Crippen LogP contribution in [0.1, 0.15) is 38.9 Å². The van der Waals surface area contributed by atoms with Gasteiger partial charge < -0.3 is 15.6 Å². The number of aliphatic hydroxyl groups excluding tert-OH is 1. The lowest BCUT2D eigenvalue weighted by Gasteiger charge is -2.29. The zero-order valence-corrected chi connectivity index (χ0v) is 10.9. The molecule has 0 spiro atoms. The number of ether oxygens (including phenoxy) is 1. The molecular weight excluding hydrogens is 214 g/mol. The van der Waals surface area contributed by atoms with E-state index in [-0.39, 0.29) is 5.41 Å². The lowest BCUT2D eigenvalue weighted by atomic mass is 9.83. The number of hydrogen-bond donors (Lipinski definition) is 2. The van der Waals surface area contributed by atoms with Crippen LogP contribution < -0.4 is 10.5 Å². The third-order valence-electron chi connectivity index (χ3n) is 2.94. The average molecular weight is 237 g/mol. The van der Waals surface area contributed by atoms with Crippen molar-refractivity contribution in [3.05, 3.63) is 29.8 Å². The molecule has 17 heavy (non-hydrogen) atoms. The molecule has 1 aromatic rings. The van der Waals surface area contributed by atoms with E-state index in [2.05, 4.69) is 6.92 Å². The van der Waals surface area contributed by atoms with Crippen molar-refractivity contribution in [2.75, 3.05) is 13.2 Å². The van der Waals surface area contributed by atoms with E-state index in [4.69, 9.17) is 10.5 Å². The van der Waals surface area contributed by atoms with Crippen LogP contribution in [-0.2, 0) is 0 Å². The SMILES string of the molecule is CCCOc1ccc(C(O)C(C)(C)CN)cc1. The predicted octanol–water partition coefficient (Wildman–Crippen LogP) is 2.49. The maximum atomic E-state index is 10.2. The molecule has 3 heteroatoms. The lowest BCUT2D eigenvalue weighted by Crippen LogP contribution is -2.30. The van der Waals surface area contributed by atoms with Crippen LogP contribution in [0.2, 0.25) is 0 Å². The van der Waals surface area contributed by atoms with Crippen LogP contribution in [0.3, 0.4) is 0 Å². The van der Waals surface area contributed by atoms with Crippen molar-refractivity contribution >= 4 is 0 Å². The van der Waals surface area contributed by atoms with Gasteiger partial charge in [0.25, 0.3) is 0 Å². The van der Waals surface area contributed by atoms with Crippen molar-refractivity contribution < 1.29 is 9.84 Å². The van der Waals surface area contributed by atoms with Crippen LogP contribution in [0.25, 0.3) is 0 Å².